The predicted molar refractivity (Wildman–Crippen MR) is 173 cm³/mol. The van der Waals surface area contributed by atoms with Gasteiger partial charge in [0.25, 0.3) is 0 Å². The van der Waals surface area contributed by atoms with Crippen molar-refractivity contribution in [2.45, 2.75) is 13.8 Å². The van der Waals surface area contributed by atoms with Crippen LogP contribution >= 0.6 is 0 Å². The molecule has 0 aromatic heterocycles. The second-order valence-corrected chi connectivity index (χ2v) is 8.92. The van der Waals surface area contributed by atoms with Gasteiger partial charge in [-0.25, -0.2) is 0 Å². The SMILES string of the molecule is C/C=C\c1c(C)ccc2ccccc12.C=C/C=c1/cc2ccccc2cc1=C.C=C/C=c1/ccccc1=C. The zero-order valence-corrected chi connectivity index (χ0v) is 22.5. The monoisotopic (exact) mass is 492 g/mol. The molecule has 0 saturated carbocycles. The van der Waals surface area contributed by atoms with E-state index in [0.717, 1.165) is 20.9 Å². The number of benzene rings is 5. The van der Waals surface area contributed by atoms with Crippen molar-refractivity contribution in [2.75, 3.05) is 0 Å². The minimum Gasteiger partial charge on any atom is -0.0990 e. The Morgan fingerprint density at radius 3 is 1.82 bits per heavy atom. The summed E-state index contributed by atoms with van der Waals surface area (Å²) >= 11 is 0. The maximum atomic E-state index is 4.01. The van der Waals surface area contributed by atoms with Crippen LogP contribution in [0.15, 0.2) is 128 Å². The van der Waals surface area contributed by atoms with Crippen molar-refractivity contribution in [2.24, 2.45) is 0 Å². The molecule has 0 amide bonds. The van der Waals surface area contributed by atoms with E-state index in [9.17, 15) is 0 Å². The van der Waals surface area contributed by atoms with Crippen molar-refractivity contribution in [3.05, 3.63) is 160 Å². The van der Waals surface area contributed by atoms with Gasteiger partial charge in [0.2, 0.25) is 0 Å². The first-order chi connectivity index (χ1) is 18.5. The molecule has 0 unspecified atom stereocenters. The number of aryl methyl sites for hydroxylation is 1. The standard InChI is InChI=1S/C14H12.C14H14.C10H10/c1-3-6-12-10-14-8-5-4-7-13(14)9-11(12)2;1-3-6-13-11(2)9-10-12-7-4-5-8-14(12)13;1-3-6-10-8-5-4-7-9(10)2/h3-10H,1-2H2;3-10H,1-2H3;3-8H,1-2H2/b12-6-;6-3-;10-6-. The Bertz CT molecular complexity index is 1800. The summed E-state index contributed by atoms with van der Waals surface area (Å²) < 4.78 is 0. The summed E-state index contributed by atoms with van der Waals surface area (Å²) in [6.07, 6.45) is 11.8. The van der Waals surface area contributed by atoms with Gasteiger partial charge in [0, 0.05) is 0 Å². The highest BCUT2D eigenvalue weighted by Crippen LogP contribution is 2.23. The average molecular weight is 493 g/mol. The molecule has 0 aliphatic heterocycles. The highest BCUT2D eigenvalue weighted by molar-refractivity contribution is 5.91. The quantitative estimate of drug-likeness (QED) is 0.245. The molecule has 0 nitrogen and oxygen atoms in total. The molecule has 0 aliphatic rings. The van der Waals surface area contributed by atoms with Gasteiger partial charge >= 0.3 is 0 Å². The maximum Gasteiger partial charge on any atom is -0.0109 e. The maximum absolute atomic E-state index is 4.01. The number of allylic oxidation sites excluding steroid dienone is 3. The molecule has 0 radical (unpaired) electrons. The van der Waals surface area contributed by atoms with E-state index >= 15 is 0 Å². The highest BCUT2D eigenvalue weighted by atomic mass is 14.0. The normalized spacial score (nSPS) is 11.5. The van der Waals surface area contributed by atoms with Crippen molar-refractivity contribution >= 4 is 52.9 Å². The molecule has 0 fully saturated rings. The minimum absolute atomic E-state index is 1.04. The molecular formula is C38H36. The molecule has 0 bridgehead atoms. The Kier molecular flexibility index (Phi) is 10.4. The lowest BCUT2D eigenvalue weighted by atomic mass is 9.99. The van der Waals surface area contributed by atoms with Gasteiger partial charge in [0.05, 0.1) is 0 Å². The fraction of sp³-hybridized carbons (Fsp3) is 0.0526. The van der Waals surface area contributed by atoms with Gasteiger partial charge in [-0.2, -0.15) is 0 Å². The Morgan fingerprint density at radius 2 is 1.16 bits per heavy atom. The molecule has 0 atom stereocenters. The van der Waals surface area contributed by atoms with Crippen molar-refractivity contribution in [3.63, 3.8) is 0 Å². The first-order valence-corrected chi connectivity index (χ1v) is 12.8. The third kappa shape index (κ3) is 7.41. The summed E-state index contributed by atoms with van der Waals surface area (Å²) in [5.74, 6) is 0. The summed E-state index contributed by atoms with van der Waals surface area (Å²) in [6, 6.07) is 33.4. The molecule has 0 aliphatic carbocycles. The van der Waals surface area contributed by atoms with Crippen LogP contribution in [0.1, 0.15) is 18.1 Å². The molecular weight excluding hydrogens is 456 g/mol. The lowest BCUT2D eigenvalue weighted by molar-refractivity contribution is 1.47. The molecule has 0 N–H and O–H groups in total. The Balaban J connectivity index is 0.000000161. The van der Waals surface area contributed by atoms with E-state index in [0.29, 0.717) is 0 Å². The molecule has 0 heterocycles. The van der Waals surface area contributed by atoms with E-state index in [4.69, 9.17) is 0 Å². The number of rotatable bonds is 3. The van der Waals surface area contributed by atoms with Gasteiger partial charge in [-0.3, -0.25) is 0 Å². The molecule has 0 saturated heterocycles. The zero-order chi connectivity index (χ0) is 27.3. The van der Waals surface area contributed by atoms with E-state index in [1.807, 2.05) is 48.6 Å². The Morgan fingerprint density at radius 1 is 0.579 bits per heavy atom. The molecule has 5 rings (SSSR count). The van der Waals surface area contributed by atoms with Gasteiger partial charge in [-0.05, 0) is 79.5 Å². The van der Waals surface area contributed by atoms with E-state index in [-0.39, 0.29) is 0 Å². The molecule has 5 aromatic rings. The molecule has 5 aromatic carbocycles. The van der Waals surface area contributed by atoms with Gasteiger partial charge in [-0.1, -0.05) is 148 Å². The van der Waals surface area contributed by atoms with Gasteiger partial charge < -0.3 is 0 Å². The van der Waals surface area contributed by atoms with Crippen LogP contribution in [0.25, 0.3) is 52.9 Å². The van der Waals surface area contributed by atoms with Crippen LogP contribution in [-0.2, 0) is 0 Å². The number of hydrogen-bond donors (Lipinski definition) is 0. The number of hydrogen-bond acceptors (Lipinski definition) is 0. The van der Waals surface area contributed by atoms with Gasteiger partial charge in [0.15, 0.2) is 0 Å². The van der Waals surface area contributed by atoms with Crippen molar-refractivity contribution in [3.8, 4) is 0 Å². The number of fused-ring (bicyclic) bond motifs is 2. The van der Waals surface area contributed by atoms with Crippen LogP contribution in [0.4, 0.5) is 0 Å². The van der Waals surface area contributed by atoms with Crippen LogP contribution in [0.2, 0.25) is 0 Å². The fourth-order valence-corrected chi connectivity index (χ4v) is 4.20. The lowest BCUT2D eigenvalue weighted by Gasteiger charge is -2.05. The lowest BCUT2D eigenvalue weighted by Crippen LogP contribution is -2.21. The van der Waals surface area contributed by atoms with Crippen LogP contribution in [0, 0.1) is 6.92 Å². The van der Waals surface area contributed by atoms with E-state index < -0.39 is 0 Å². The van der Waals surface area contributed by atoms with Gasteiger partial charge in [-0.15, -0.1) is 0 Å². The predicted octanol–water partition coefficient (Wildman–Crippen LogP) is 7.46. The zero-order valence-electron chi connectivity index (χ0n) is 22.5. The van der Waals surface area contributed by atoms with E-state index in [1.165, 1.54) is 32.7 Å². The van der Waals surface area contributed by atoms with Crippen LogP contribution in [-0.4, -0.2) is 0 Å². The second kappa shape index (κ2) is 14.2. The van der Waals surface area contributed by atoms with E-state index in [1.54, 1.807) is 12.2 Å². The summed E-state index contributed by atoms with van der Waals surface area (Å²) in [6.45, 7) is 19.4. The highest BCUT2D eigenvalue weighted by Gasteiger charge is 1.99. The summed E-state index contributed by atoms with van der Waals surface area (Å²) in [5.41, 5.74) is 2.67. The minimum atomic E-state index is 1.04. The topological polar surface area (TPSA) is 0 Å². The first kappa shape index (κ1) is 27.9. The summed E-state index contributed by atoms with van der Waals surface area (Å²) in [5, 5.41) is 9.49. The Hall–Kier alpha value is -4.68. The largest absolute Gasteiger partial charge is 0.0990 e. The van der Waals surface area contributed by atoms with Crippen molar-refractivity contribution in [1.82, 2.24) is 0 Å². The van der Waals surface area contributed by atoms with Gasteiger partial charge in [0.1, 0.15) is 0 Å². The van der Waals surface area contributed by atoms with Crippen molar-refractivity contribution < 1.29 is 0 Å². The second-order valence-electron chi connectivity index (χ2n) is 8.92. The first-order valence-electron chi connectivity index (χ1n) is 12.8. The fourth-order valence-electron chi connectivity index (χ4n) is 4.20. The molecule has 0 heteroatoms. The Labute approximate surface area is 226 Å². The smallest absolute Gasteiger partial charge is 0.0109 e. The average Bonchev–Trinajstić information content (AvgIpc) is 2.93. The van der Waals surface area contributed by atoms with Crippen LogP contribution < -0.4 is 20.9 Å². The third-order valence-corrected chi connectivity index (χ3v) is 6.18. The molecule has 38 heavy (non-hydrogen) atoms. The van der Waals surface area contributed by atoms with Crippen LogP contribution in [0.5, 0.6) is 0 Å². The summed E-state index contributed by atoms with van der Waals surface area (Å²) in [4.78, 5) is 0. The van der Waals surface area contributed by atoms with E-state index in [2.05, 4.69) is 113 Å². The van der Waals surface area contributed by atoms with Crippen LogP contribution in [0.3, 0.4) is 0 Å². The summed E-state index contributed by atoms with van der Waals surface area (Å²) in [7, 11) is 0. The molecule has 0 spiro atoms. The third-order valence-electron chi connectivity index (χ3n) is 6.18. The molecule has 188 valence electrons. The van der Waals surface area contributed by atoms with Crippen molar-refractivity contribution in [1.29, 1.82) is 0 Å².